The van der Waals surface area contributed by atoms with Gasteiger partial charge in [0.25, 0.3) is 5.91 Å². The molecule has 3 N–H and O–H groups in total. The summed E-state index contributed by atoms with van der Waals surface area (Å²) in [5.74, 6) is 0.0270. The molecule has 0 aliphatic carbocycles. The molecule has 0 bridgehead atoms. The van der Waals surface area contributed by atoms with Gasteiger partial charge in [0, 0.05) is 30.5 Å². The van der Waals surface area contributed by atoms with E-state index in [2.05, 4.69) is 20.3 Å². The second kappa shape index (κ2) is 8.83. The summed E-state index contributed by atoms with van der Waals surface area (Å²) in [5, 5.41) is 3.98. The first kappa shape index (κ1) is 22.5. The third kappa shape index (κ3) is 4.70. The van der Waals surface area contributed by atoms with Crippen LogP contribution in [0, 0.1) is 0 Å². The van der Waals surface area contributed by atoms with Crippen molar-refractivity contribution in [1.82, 2.24) is 9.97 Å². The molecule has 3 aromatic carbocycles. The Morgan fingerprint density at radius 3 is 2.60 bits per heavy atom. The maximum Gasteiger partial charge on any atom is 0.416 e. The molecule has 0 saturated carbocycles. The number of nitrogens with one attached hydrogen (secondary N) is 1. The fraction of sp³-hybridized carbons (Fsp3) is 0.154. The van der Waals surface area contributed by atoms with E-state index in [4.69, 9.17) is 5.73 Å². The Kier molecular flexibility index (Phi) is 5.68. The number of halogens is 3. The van der Waals surface area contributed by atoms with Crippen LogP contribution >= 0.6 is 0 Å². The van der Waals surface area contributed by atoms with E-state index in [1.807, 2.05) is 30.3 Å². The Labute approximate surface area is 198 Å². The van der Waals surface area contributed by atoms with Gasteiger partial charge >= 0.3 is 6.18 Å². The Morgan fingerprint density at radius 2 is 1.80 bits per heavy atom. The number of fused-ring (bicyclic) bond motifs is 2. The lowest BCUT2D eigenvalue weighted by Gasteiger charge is -2.11. The van der Waals surface area contributed by atoms with Gasteiger partial charge in [0.05, 0.1) is 22.3 Å². The maximum atomic E-state index is 13.0. The van der Waals surface area contributed by atoms with Crippen LogP contribution in [0.25, 0.3) is 10.9 Å². The molecular weight excluding hydrogens is 455 g/mol. The van der Waals surface area contributed by atoms with Crippen molar-refractivity contribution in [3.8, 4) is 0 Å². The average molecular weight is 475 g/mol. The van der Waals surface area contributed by atoms with Crippen LogP contribution in [0.3, 0.4) is 0 Å². The second-order valence-corrected chi connectivity index (χ2v) is 8.33. The van der Waals surface area contributed by atoms with Crippen molar-refractivity contribution in [3.05, 3.63) is 94.8 Å². The number of hydrogen-bond acceptors (Lipinski definition) is 5. The van der Waals surface area contributed by atoms with E-state index >= 15 is 0 Å². The Morgan fingerprint density at radius 1 is 1.00 bits per heavy atom. The smallest absolute Gasteiger partial charge is 0.366 e. The quantitative estimate of drug-likeness (QED) is 0.399. The number of alkyl halides is 3. The maximum absolute atomic E-state index is 13.0. The van der Waals surface area contributed by atoms with E-state index in [-0.39, 0.29) is 0 Å². The standard InChI is InChI=1S/C26H20F3N5O/c27-26(28,29)18-8-7-17-11-19(34-22(17)12-18)10-15-3-1-4-16(9-15)13-31-25-21-6-2-5-20(24(30)35)23(21)32-14-33-25/h1-9,12,14H,10-11,13H2,(H2,30,35)(H,31,32,33). The predicted molar refractivity (Wildman–Crippen MR) is 128 cm³/mol. The van der Waals surface area contributed by atoms with Crippen LogP contribution in [0.2, 0.25) is 0 Å². The largest absolute Gasteiger partial charge is 0.416 e. The molecule has 176 valence electrons. The fourth-order valence-electron chi connectivity index (χ4n) is 4.22. The number of carbonyl (C=O) groups excluding carboxylic acids is 1. The first-order chi connectivity index (χ1) is 16.8. The third-order valence-corrected chi connectivity index (χ3v) is 5.88. The molecule has 0 saturated heterocycles. The van der Waals surface area contributed by atoms with E-state index in [1.165, 1.54) is 12.4 Å². The number of primary amides is 1. The van der Waals surface area contributed by atoms with Crippen molar-refractivity contribution >= 4 is 34.0 Å². The monoisotopic (exact) mass is 475 g/mol. The highest BCUT2D eigenvalue weighted by Crippen LogP contribution is 2.36. The number of para-hydroxylation sites is 1. The van der Waals surface area contributed by atoms with Crippen molar-refractivity contribution < 1.29 is 18.0 Å². The molecular formula is C26H20F3N5O. The van der Waals surface area contributed by atoms with Crippen LogP contribution in [0.4, 0.5) is 24.7 Å². The van der Waals surface area contributed by atoms with Gasteiger partial charge in [-0.15, -0.1) is 0 Å². The number of nitrogens with two attached hydrogens (primary N) is 1. The third-order valence-electron chi connectivity index (χ3n) is 5.88. The van der Waals surface area contributed by atoms with Gasteiger partial charge in [-0.25, -0.2) is 9.97 Å². The van der Waals surface area contributed by atoms with E-state index in [0.29, 0.717) is 47.4 Å². The van der Waals surface area contributed by atoms with Gasteiger partial charge < -0.3 is 11.1 Å². The molecule has 0 spiro atoms. The highest BCUT2D eigenvalue weighted by molar-refractivity contribution is 6.06. The lowest BCUT2D eigenvalue weighted by molar-refractivity contribution is -0.137. The molecule has 1 amide bonds. The van der Waals surface area contributed by atoms with E-state index < -0.39 is 17.6 Å². The van der Waals surface area contributed by atoms with Gasteiger partial charge in [-0.05, 0) is 41.0 Å². The number of benzene rings is 3. The molecule has 4 aromatic rings. The van der Waals surface area contributed by atoms with Crippen molar-refractivity contribution in [1.29, 1.82) is 0 Å². The molecule has 1 aromatic heterocycles. The lowest BCUT2D eigenvalue weighted by Crippen LogP contribution is -2.12. The van der Waals surface area contributed by atoms with Gasteiger partial charge in [-0.1, -0.05) is 36.4 Å². The van der Waals surface area contributed by atoms with Crippen molar-refractivity contribution in [2.45, 2.75) is 25.6 Å². The summed E-state index contributed by atoms with van der Waals surface area (Å²) < 4.78 is 39.0. The summed E-state index contributed by atoms with van der Waals surface area (Å²) in [4.78, 5) is 24.6. The molecule has 0 radical (unpaired) electrons. The molecule has 6 nitrogen and oxygen atoms in total. The topological polar surface area (TPSA) is 93.3 Å². The number of amides is 1. The predicted octanol–water partition coefficient (Wildman–Crippen LogP) is 5.23. The number of carbonyl (C=O) groups is 1. The normalized spacial score (nSPS) is 12.9. The van der Waals surface area contributed by atoms with Crippen molar-refractivity contribution in [2.75, 3.05) is 5.32 Å². The highest BCUT2D eigenvalue weighted by atomic mass is 19.4. The van der Waals surface area contributed by atoms with Crippen LogP contribution in [0.1, 0.15) is 32.6 Å². The van der Waals surface area contributed by atoms with E-state index in [1.54, 1.807) is 12.1 Å². The minimum atomic E-state index is -4.38. The summed E-state index contributed by atoms with van der Waals surface area (Å²) >= 11 is 0. The van der Waals surface area contributed by atoms with Crippen LogP contribution in [0.15, 0.2) is 72.0 Å². The van der Waals surface area contributed by atoms with Gasteiger partial charge in [0.2, 0.25) is 0 Å². The van der Waals surface area contributed by atoms with Crippen LogP contribution in [-0.4, -0.2) is 21.6 Å². The summed E-state index contributed by atoms with van der Waals surface area (Å²) in [5.41, 5.74) is 9.60. The molecule has 1 aliphatic rings. The van der Waals surface area contributed by atoms with Gasteiger partial charge in [0.1, 0.15) is 12.1 Å². The average Bonchev–Trinajstić information content (AvgIpc) is 3.23. The number of anilines is 1. The Balaban J connectivity index is 1.31. The second-order valence-electron chi connectivity index (χ2n) is 8.33. The van der Waals surface area contributed by atoms with Crippen molar-refractivity contribution in [3.63, 3.8) is 0 Å². The van der Waals surface area contributed by atoms with Crippen LogP contribution in [-0.2, 0) is 25.6 Å². The molecule has 0 atom stereocenters. The number of hydrogen-bond donors (Lipinski definition) is 2. The van der Waals surface area contributed by atoms with Crippen LogP contribution in [0.5, 0.6) is 0 Å². The summed E-state index contributed by atoms with van der Waals surface area (Å²) in [6.07, 6.45) is -1.92. The SMILES string of the molecule is NC(=O)c1cccc2c(NCc3cccc(CC4=Nc5cc(C(F)(F)F)ccc5C4)c3)ncnc12. The number of rotatable bonds is 6. The fourth-order valence-corrected chi connectivity index (χ4v) is 4.22. The Hall–Kier alpha value is -4.27. The zero-order chi connectivity index (χ0) is 24.6. The zero-order valence-electron chi connectivity index (χ0n) is 18.4. The molecule has 35 heavy (non-hydrogen) atoms. The zero-order valence-corrected chi connectivity index (χ0v) is 18.4. The molecule has 5 rings (SSSR count). The molecule has 1 aliphatic heterocycles. The minimum Gasteiger partial charge on any atom is -0.366 e. The summed E-state index contributed by atoms with van der Waals surface area (Å²) in [6, 6.07) is 16.8. The van der Waals surface area contributed by atoms with E-state index in [0.717, 1.165) is 34.5 Å². The first-order valence-corrected chi connectivity index (χ1v) is 10.9. The molecule has 0 fully saturated rings. The molecule has 0 unspecified atom stereocenters. The number of aromatic nitrogens is 2. The van der Waals surface area contributed by atoms with Gasteiger partial charge in [-0.2, -0.15) is 13.2 Å². The number of aliphatic imine (C=N–C) groups is 1. The van der Waals surface area contributed by atoms with Crippen molar-refractivity contribution in [2.24, 2.45) is 10.7 Å². The van der Waals surface area contributed by atoms with Gasteiger partial charge in [-0.3, -0.25) is 9.79 Å². The van der Waals surface area contributed by atoms with E-state index in [9.17, 15) is 18.0 Å². The van der Waals surface area contributed by atoms with Crippen LogP contribution < -0.4 is 11.1 Å². The molecule has 9 heteroatoms. The lowest BCUT2D eigenvalue weighted by atomic mass is 10.0. The number of nitrogens with zero attached hydrogens (tertiary/aromatic N) is 3. The molecule has 2 heterocycles. The summed E-state index contributed by atoms with van der Waals surface area (Å²) in [6.45, 7) is 0.475. The Bertz CT molecular complexity index is 1480. The highest BCUT2D eigenvalue weighted by Gasteiger charge is 2.31. The first-order valence-electron chi connectivity index (χ1n) is 10.9. The minimum absolute atomic E-state index is 0.329. The van der Waals surface area contributed by atoms with Gasteiger partial charge in [0.15, 0.2) is 0 Å². The summed E-state index contributed by atoms with van der Waals surface area (Å²) in [7, 11) is 0.